The number of urea groups is 1. The summed E-state index contributed by atoms with van der Waals surface area (Å²) in [6.45, 7) is 11.6. The summed E-state index contributed by atoms with van der Waals surface area (Å²) in [5.74, 6) is -1.03. The molecule has 0 saturated carbocycles. The molecule has 0 aromatic heterocycles. The van der Waals surface area contributed by atoms with Gasteiger partial charge in [-0.1, -0.05) is 30.3 Å². The molecule has 3 fully saturated rings. The second kappa shape index (κ2) is 13.3. The van der Waals surface area contributed by atoms with Crippen LogP contribution in [-0.2, 0) is 30.5 Å². The highest BCUT2D eigenvalue weighted by atomic mass is 16.7. The number of nitrogens with zero attached hydrogens (tertiary/aromatic N) is 4. The summed E-state index contributed by atoms with van der Waals surface area (Å²) < 4.78 is 10.9. The van der Waals surface area contributed by atoms with Gasteiger partial charge in [-0.2, -0.15) is 5.06 Å². The zero-order valence-electron chi connectivity index (χ0n) is 26.3. The Bertz CT molecular complexity index is 1220. The monoisotopic (exact) mass is 616 g/mol. The van der Waals surface area contributed by atoms with Crippen molar-refractivity contribution in [3.05, 3.63) is 35.9 Å². The van der Waals surface area contributed by atoms with Gasteiger partial charge in [-0.05, 0) is 59.9 Å². The molecule has 242 valence electrons. The van der Waals surface area contributed by atoms with Gasteiger partial charge in [0.25, 0.3) is 5.91 Å². The van der Waals surface area contributed by atoms with E-state index in [1.54, 1.807) is 41.5 Å². The van der Waals surface area contributed by atoms with Crippen LogP contribution >= 0.6 is 0 Å². The SMILES string of the molecule is CC(C)(C)OC(=O)N1CC(N(CCC(=O)NNC(=O)[C@@H]2CC[C@H]3CN2C(=O)N3OCc2ccccc2)C(=O)OC(C)(C)C)C1. The predicted molar refractivity (Wildman–Crippen MR) is 157 cm³/mol. The standard InChI is InChI=1S/C30H44N6O8/c1-29(2,3)43-27(40)33-16-22(17-33)34(28(41)44-30(4,5)6)15-14-24(37)31-32-25(38)23-13-12-21-18-35(23)26(39)36(21)42-19-20-10-8-7-9-11-20/h7-11,21-23H,12-19H2,1-6H3,(H,31,37)(H,32,38)/t21-,23-/m0/s1. The highest BCUT2D eigenvalue weighted by Crippen LogP contribution is 2.30. The van der Waals surface area contributed by atoms with E-state index in [4.69, 9.17) is 14.3 Å². The Morgan fingerprint density at radius 3 is 2.20 bits per heavy atom. The van der Waals surface area contributed by atoms with Crippen LogP contribution in [0.25, 0.3) is 0 Å². The number of hydrogen-bond acceptors (Lipinski definition) is 8. The largest absolute Gasteiger partial charge is 0.444 e. The predicted octanol–water partition coefficient (Wildman–Crippen LogP) is 2.78. The van der Waals surface area contributed by atoms with Crippen LogP contribution in [0.15, 0.2) is 30.3 Å². The normalized spacial score (nSPS) is 20.1. The van der Waals surface area contributed by atoms with E-state index in [-0.39, 0.29) is 50.8 Å². The van der Waals surface area contributed by atoms with Crippen LogP contribution in [0.1, 0.15) is 66.4 Å². The quantitative estimate of drug-likeness (QED) is 0.424. The number of piperidine rings is 1. The smallest absolute Gasteiger partial charge is 0.410 e. The molecular weight excluding hydrogens is 572 g/mol. The van der Waals surface area contributed by atoms with Crippen LogP contribution in [0.5, 0.6) is 0 Å². The van der Waals surface area contributed by atoms with Gasteiger partial charge in [-0.3, -0.25) is 25.3 Å². The molecule has 3 heterocycles. The molecule has 0 spiro atoms. The maximum Gasteiger partial charge on any atom is 0.410 e. The maximum atomic E-state index is 13.0. The molecule has 2 N–H and O–H groups in total. The van der Waals surface area contributed by atoms with E-state index in [2.05, 4.69) is 10.9 Å². The molecule has 3 aliphatic rings. The van der Waals surface area contributed by atoms with Crippen molar-refractivity contribution in [1.82, 2.24) is 30.6 Å². The minimum absolute atomic E-state index is 0.00682. The number of carbonyl (C=O) groups is 5. The summed E-state index contributed by atoms with van der Waals surface area (Å²) in [4.78, 5) is 74.1. The lowest BCUT2D eigenvalue weighted by Crippen LogP contribution is -2.63. The lowest BCUT2D eigenvalue weighted by molar-refractivity contribution is -0.140. The minimum Gasteiger partial charge on any atom is -0.444 e. The van der Waals surface area contributed by atoms with Gasteiger partial charge in [0.1, 0.15) is 23.9 Å². The van der Waals surface area contributed by atoms with Gasteiger partial charge in [0, 0.05) is 32.6 Å². The van der Waals surface area contributed by atoms with E-state index in [9.17, 15) is 24.0 Å². The van der Waals surface area contributed by atoms with Crippen molar-refractivity contribution >= 4 is 30.0 Å². The summed E-state index contributed by atoms with van der Waals surface area (Å²) in [5.41, 5.74) is 4.35. The van der Waals surface area contributed by atoms with Crippen molar-refractivity contribution in [1.29, 1.82) is 0 Å². The average Bonchev–Trinajstić information content (AvgIpc) is 3.14. The molecule has 44 heavy (non-hydrogen) atoms. The number of fused-ring (bicyclic) bond motifs is 2. The maximum absolute atomic E-state index is 13.0. The topological polar surface area (TPSA) is 150 Å². The molecule has 1 aromatic carbocycles. The molecule has 0 unspecified atom stereocenters. The molecule has 14 nitrogen and oxygen atoms in total. The summed E-state index contributed by atoms with van der Waals surface area (Å²) in [5, 5.41) is 1.34. The molecule has 4 rings (SSSR count). The number of ether oxygens (including phenoxy) is 2. The second-order valence-corrected chi connectivity index (χ2v) is 13.3. The Morgan fingerprint density at radius 2 is 1.57 bits per heavy atom. The highest BCUT2D eigenvalue weighted by Gasteiger charge is 2.48. The fraction of sp³-hybridized carbons (Fsp3) is 0.633. The molecule has 0 radical (unpaired) electrons. The number of nitrogens with one attached hydrogen (secondary N) is 2. The van der Waals surface area contributed by atoms with Gasteiger partial charge in [0.15, 0.2) is 0 Å². The summed E-state index contributed by atoms with van der Waals surface area (Å²) in [7, 11) is 0. The Balaban J connectivity index is 1.25. The first-order valence-corrected chi connectivity index (χ1v) is 14.9. The molecule has 3 saturated heterocycles. The Hall–Kier alpha value is -4.07. The second-order valence-electron chi connectivity index (χ2n) is 13.3. The van der Waals surface area contributed by atoms with Crippen molar-refractivity contribution in [3.63, 3.8) is 0 Å². The number of carbonyl (C=O) groups excluding carboxylic acids is 5. The van der Waals surface area contributed by atoms with Crippen LogP contribution in [0.2, 0.25) is 0 Å². The third-order valence-corrected chi connectivity index (χ3v) is 7.33. The molecule has 2 bridgehead atoms. The van der Waals surface area contributed by atoms with Gasteiger partial charge >= 0.3 is 18.2 Å². The Morgan fingerprint density at radius 1 is 0.909 bits per heavy atom. The van der Waals surface area contributed by atoms with Crippen molar-refractivity contribution in [2.24, 2.45) is 0 Å². The molecule has 2 atom stereocenters. The lowest BCUT2D eigenvalue weighted by atomic mass is 10.0. The van der Waals surface area contributed by atoms with Crippen molar-refractivity contribution < 1.29 is 38.3 Å². The van der Waals surface area contributed by atoms with E-state index in [0.29, 0.717) is 19.4 Å². The fourth-order valence-electron chi connectivity index (χ4n) is 5.16. The highest BCUT2D eigenvalue weighted by molar-refractivity contribution is 5.90. The third kappa shape index (κ3) is 8.52. The van der Waals surface area contributed by atoms with Gasteiger partial charge in [-0.25, -0.2) is 14.4 Å². The van der Waals surface area contributed by atoms with Crippen LogP contribution < -0.4 is 10.9 Å². The zero-order valence-corrected chi connectivity index (χ0v) is 26.3. The van der Waals surface area contributed by atoms with E-state index >= 15 is 0 Å². The summed E-state index contributed by atoms with van der Waals surface area (Å²) in [6.07, 6.45) is -0.207. The van der Waals surface area contributed by atoms with E-state index < -0.39 is 41.2 Å². The van der Waals surface area contributed by atoms with Gasteiger partial charge in [-0.15, -0.1) is 0 Å². The van der Waals surface area contributed by atoms with Crippen molar-refractivity contribution in [2.75, 3.05) is 26.2 Å². The first-order valence-electron chi connectivity index (χ1n) is 14.9. The molecule has 6 amide bonds. The van der Waals surface area contributed by atoms with E-state index in [0.717, 1.165) is 5.56 Å². The van der Waals surface area contributed by atoms with Crippen LogP contribution in [-0.4, -0.2) is 105 Å². The van der Waals surface area contributed by atoms with Gasteiger partial charge < -0.3 is 24.2 Å². The fourth-order valence-corrected chi connectivity index (χ4v) is 5.16. The first-order chi connectivity index (χ1) is 20.6. The number of hydrogen-bond donors (Lipinski definition) is 2. The Kier molecular flexibility index (Phi) is 9.91. The van der Waals surface area contributed by atoms with E-state index in [1.807, 2.05) is 30.3 Å². The van der Waals surface area contributed by atoms with Crippen molar-refractivity contribution in [2.45, 2.75) is 96.7 Å². The molecular formula is C30H44N6O8. The molecule has 14 heteroatoms. The third-order valence-electron chi connectivity index (χ3n) is 7.33. The van der Waals surface area contributed by atoms with E-state index in [1.165, 1.54) is 19.8 Å². The average molecular weight is 617 g/mol. The molecule has 1 aromatic rings. The van der Waals surface area contributed by atoms with Crippen LogP contribution in [0, 0.1) is 0 Å². The number of amides is 6. The summed E-state index contributed by atoms with van der Waals surface area (Å²) >= 11 is 0. The first kappa shape index (κ1) is 32.8. The number of likely N-dealkylation sites (tertiary alicyclic amines) is 1. The molecule has 3 aliphatic heterocycles. The summed E-state index contributed by atoms with van der Waals surface area (Å²) in [6, 6.07) is 7.85. The minimum atomic E-state index is -0.756. The number of rotatable bonds is 8. The lowest BCUT2D eigenvalue weighted by Gasteiger charge is -2.45. The molecule has 0 aliphatic carbocycles. The van der Waals surface area contributed by atoms with Gasteiger partial charge in [0.05, 0.1) is 12.1 Å². The van der Waals surface area contributed by atoms with Gasteiger partial charge in [0.2, 0.25) is 5.91 Å². The number of hydroxylamine groups is 2. The number of benzene rings is 1. The Labute approximate surface area is 257 Å². The van der Waals surface area contributed by atoms with Crippen LogP contribution in [0.3, 0.4) is 0 Å². The zero-order chi connectivity index (χ0) is 32.2. The van der Waals surface area contributed by atoms with Crippen LogP contribution in [0.4, 0.5) is 14.4 Å². The number of hydrazine groups is 1. The van der Waals surface area contributed by atoms with Crippen molar-refractivity contribution in [3.8, 4) is 0 Å².